The molecule has 23 heavy (non-hydrogen) atoms. The first kappa shape index (κ1) is 17.5. The van der Waals surface area contributed by atoms with Crippen molar-refractivity contribution in [1.82, 2.24) is 9.79 Å². The van der Waals surface area contributed by atoms with E-state index in [-0.39, 0.29) is 22.0 Å². The Morgan fingerprint density at radius 3 is 2.74 bits per heavy atom. The third-order valence-corrected chi connectivity index (χ3v) is 5.08. The molecule has 2 aromatic rings. The van der Waals surface area contributed by atoms with Gasteiger partial charge in [0.1, 0.15) is 5.76 Å². The van der Waals surface area contributed by atoms with E-state index in [1.165, 1.54) is 38.6 Å². The molecular weight excluding hydrogens is 344 g/mol. The second-order valence-electron chi connectivity index (χ2n) is 4.50. The molecule has 1 heterocycles. The molecule has 0 fully saturated rings. The van der Waals surface area contributed by atoms with Crippen molar-refractivity contribution < 1.29 is 22.5 Å². The average Bonchev–Trinajstić information content (AvgIpc) is 3.05. The van der Waals surface area contributed by atoms with Crippen LogP contribution in [0.25, 0.3) is 0 Å². The molecule has 0 aliphatic carbocycles. The number of carbonyl (C=O) groups is 1. The number of benzene rings is 1. The van der Waals surface area contributed by atoms with Gasteiger partial charge in [0.15, 0.2) is 0 Å². The maximum absolute atomic E-state index is 12.2. The van der Waals surface area contributed by atoms with Gasteiger partial charge in [0, 0.05) is 7.05 Å². The highest BCUT2D eigenvalue weighted by Crippen LogP contribution is 2.22. The molecule has 2 rings (SSSR count). The molecular formula is C14H15ClN2O5S. The molecule has 7 nitrogen and oxygen atoms in total. The van der Waals surface area contributed by atoms with Crippen LogP contribution in [0.15, 0.2) is 45.9 Å². The van der Waals surface area contributed by atoms with E-state index in [1.54, 1.807) is 12.1 Å². The van der Waals surface area contributed by atoms with Crippen LogP contribution in [-0.2, 0) is 21.4 Å². The van der Waals surface area contributed by atoms with Crippen molar-refractivity contribution >= 4 is 27.5 Å². The SMILES string of the molecule is CON(C)S(=O)(=O)c1ccc(Cl)c(C(=O)NCc2ccco2)c1. The van der Waals surface area contributed by atoms with Crippen molar-refractivity contribution in [3.8, 4) is 0 Å². The van der Waals surface area contributed by atoms with Gasteiger partial charge in [-0.15, -0.1) is 0 Å². The lowest BCUT2D eigenvalue weighted by atomic mass is 10.2. The second kappa shape index (κ2) is 7.14. The predicted molar refractivity (Wildman–Crippen MR) is 83.3 cm³/mol. The summed E-state index contributed by atoms with van der Waals surface area (Å²) in [5, 5.41) is 2.75. The number of hydroxylamine groups is 1. The fourth-order valence-corrected chi connectivity index (χ4v) is 2.96. The van der Waals surface area contributed by atoms with Crippen LogP contribution in [0.4, 0.5) is 0 Å². The molecule has 0 bridgehead atoms. The highest BCUT2D eigenvalue weighted by Gasteiger charge is 2.23. The number of nitrogens with zero attached hydrogens (tertiary/aromatic N) is 1. The fraction of sp³-hybridized carbons (Fsp3) is 0.214. The minimum Gasteiger partial charge on any atom is -0.467 e. The number of hydrogen-bond acceptors (Lipinski definition) is 5. The summed E-state index contributed by atoms with van der Waals surface area (Å²) >= 11 is 5.99. The quantitative estimate of drug-likeness (QED) is 0.798. The van der Waals surface area contributed by atoms with Gasteiger partial charge in [-0.05, 0) is 30.3 Å². The molecule has 1 aromatic heterocycles. The van der Waals surface area contributed by atoms with E-state index < -0.39 is 15.9 Å². The molecule has 0 atom stereocenters. The third kappa shape index (κ3) is 3.91. The van der Waals surface area contributed by atoms with Gasteiger partial charge in [-0.25, -0.2) is 8.42 Å². The zero-order chi connectivity index (χ0) is 17.0. The van der Waals surface area contributed by atoms with Gasteiger partial charge in [0.05, 0.1) is 35.4 Å². The zero-order valence-corrected chi connectivity index (χ0v) is 14.0. The Morgan fingerprint density at radius 2 is 2.13 bits per heavy atom. The second-order valence-corrected chi connectivity index (χ2v) is 6.84. The number of halogens is 1. The van der Waals surface area contributed by atoms with E-state index in [1.807, 2.05) is 0 Å². The van der Waals surface area contributed by atoms with Crippen LogP contribution in [-0.4, -0.2) is 33.0 Å². The van der Waals surface area contributed by atoms with Crippen LogP contribution in [0.2, 0.25) is 5.02 Å². The van der Waals surface area contributed by atoms with Crippen LogP contribution in [0, 0.1) is 0 Å². The van der Waals surface area contributed by atoms with E-state index in [9.17, 15) is 13.2 Å². The topological polar surface area (TPSA) is 88.8 Å². The molecule has 0 radical (unpaired) electrons. The monoisotopic (exact) mass is 358 g/mol. The van der Waals surface area contributed by atoms with E-state index in [4.69, 9.17) is 20.9 Å². The molecule has 1 amide bonds. The first-order chi connectivity index (χ1) is 10.9. The Balaban J connectivity index is 2.25. The van der Waals surface area contributed by atoms with E-state index in [2.05, 4.69) is 5.32 Å². The molecule has 0 unspecified atom stereocenters. The number of furan rings is 1. The summed E-state index contributed by atoms with van der Waals surface area (Å²) in [6, 6.07) is 7.25. The van der Waals surface area contributed by atoms with Gasteiger partial charge < -0.3 is 9.73 Å². The minimum atomic E-state index is -3.87. The Labute approximate surface area is 138 Å². The number of hydrogen-bond donors (Lipinski definition) is 1. The number of carbonyl (C=O) groups excluding carboxylic acids is 1. The van der Waals surface area contributed by atoms with Crippen LogP contribution >= 0.6 is 11.6 Å². The summed E-state index contributed by atoms with van der Waals surface area (Å²) in [6.45, 7) is 0.164. The number of amides is 1. The van der Waals surface area contributed by atoms with Gasteiger partial charge in [-0.3, -0.25) is 9.63 Å². The minimum absolute atomic E-state index is 0.0452. The van der Waals surface area contributed by atoms with Crippen LogP contribution in [0.3, 0.4) is 0 Å². The third-order valence-electron chi connectivity index (χ3n) is 3.08. The summed E-state index contributed by atoms with van der Waals surface area (Å²) in [7, 11) is -1.39. The lowest BCUT2D eigenvalue weighted by Gasteiger charge is -2.15. The maximum Gasteiger partial charge on any atom is 0.264 e. The average molecular weight is 359 g/mol. The number of sulfonamides is 1. The van der Waals surface area contributed by atoms with Crippen LogP contribution < -0.4 is 5.32 Å². The Morgan fingerprint density at radius 1 is 1.39 bits per heavy atom. The zero-order valence-electron chi connectivity index (χ0n) is 12.4. The smallest absolute Gasteiger partial charge is 0.264 e. The molecule has 124 valence electrons. The summed E-state index contributed by atoms with van der Waals surface area (Å²) in [4.78, 5) is 16.8. The van der Waals surface area contributed by atoms with Crippen LogP contribution in [0.1, 0.15) is 16.1 Å². The summed E-state index contributed by atoms with van der Waals surface area (Å²) < 4.78 is 30.2. The molecule has 0 saturated heterocycles. The van der Waals surface area contributed by atoms with Crippen LogP contribution in [0.5, 0.6) is 0 Å². The van der Waals surface area contributed by atoms with Crippen molar-refractivity contribution in [2.75, 3.05) is 14.2 Å². The van der Waals surface area contributed by atoms with Gasteiger partial charge in [0.25, 0.3) is 15.9 Å². The lowest BCUT2D eigenvalue weighted by molar-refractivity contribution is -0.0258. The normalized spacial score (nSPS) is 11.7. The first-order valence-corrected chi connectivity index (χ1v) is 8.31. The highest BCUT2D eigenvalue weighted by molar-refractivity contribution is 7.89. The molecule has 9 heteroatoms. The predicted octanol–water partition coefficient (Wildman–Crippen LogP) is 2.04. The molecule has 1 aromatic carbocycles. The first-order valence-electron chi connectivity index (χ1n) is 6.49. The standard InChI is InChI=1S/C14H15ClN2O5S/c1-17(21-2)23(19,20)11-5-6-13(15)12(8-11)14(18)16-9-10-4-3-7-22-10/h3-8H,9H2,1-2H3,(H,16,18). The molecule has 0 spiro atoms. The van der Waals surface area contributed by atoms with Crippen molar-refractivity contribution in [1.29, 1.82) is 0 Å². The number of rotatable bonds is 6. The maximum atomic E-state index is 12.2. The summed E-state index contributed by atoms with van der Waals surface area (Å²) in [5.41, 5.74) is 0.0452. The van der Waals surface area contributed by atoms with E-state index in [0.29, 0.717) is 10.2 Å². The largest absolute Gasteiger partial charge is 0.467 e. The summed E-state index contributed by atoms with van der Waals surface area (Å²) in [6.07, 6.45) is 1.49. The lowest BCUT2D eigenvalue weighted by Crippen LogP contribution is -2.27. The van der Waals surface area contributed by atoms with Gasteiger partial charge in [0.2, 0.25) is 0 Å². The Hall–Kier alpha value is -1.87. The van der Waals surface area contributed by atoms with Crippen molar-refractivity contribution in [2.24, 2.45) is 0 Å². The molecule has 0 aliphatic heterocycles. The molecule has 1 N–H and O–H groups in total. The van der Waals surface area contributed by atoms with Crippen molar-refractivity contribution in [3.05, 3.63) is 52.9 Å². The van der Waals surface area contributed by atoms with E-state index >= 15 is 0 Å². The molecule has 0 aliphatic rings. The Kier molecular flexibility index (Phi) is 5.42. The fourth-order valence-electron chi connectivity index (χ4n) is 1.76. The summed E-state index contributed by atoms with van der Waals surface area (Å²) in [5.74, 6) is 0.0564. The van der Waals surface area contributed by atoms with Gasteiger partial charge in [-0.2, -0.15) is 0 Å². The van der Waals surface area contributed by atoms with Crippen molar-refractivity contribution in [3.63, 3.8) is 0 Å². The van der Waals surface area contributed by atoms with Gasteiger partial charge >= 0.3 is 0 Å². The molecule has 0 saturated carbocycles. The van der Waals surface area contributed by atoms with Crippen molar-refractivity contribution in [2.45, 2.75) is 11.4 Å². The van der Waals surface area contributed by atoms with E-state index in [0.717, 1.165) is 0 Å². The number of nitrogens with one attached hydrogen (secondary N) is 1. The highest BCUT2D eigenvalue weighted by atomic mass is 35.5. The van der Waals surface area contributed by atoms with Gasteiger partial charge in [-0.1, -0.05) is 16.1 Å². The Bertz CT molecular complexity index is 790.